The molecule has 0 unspecified atom stereocenters. The normalized spacial score (nSPS) is 27.6. The van der Waals surface area contributed by atoms with E-state index in [1.807, 2.05) is 24.3 Å². The maximum absolute atomic E-state index is 11.8. The smallest absolute Gasteiger partial charge is 0.246 e. The van der Waals surface area contributed by atoms with Crippen LogP contribution in [0.15, 0.2) is 24.3 Å². The molecule has 1 aromatic rings. The van der Waals surface area contributed by atoms with E-state index in [9.17, 15) is 4.79 Å². The third-order valence-corrected chi connectivity index (χ3v) is 4.25. The molecule has 114 valence electrons. The molecule has 1 aliphatic carbocycles. The SMILES string of the molecule is O=C(COC[C@@H]1CCCO1)N[C@@H]1C[C@@H]1c1ccc(Cl)cc1. The lowest BCUT2D eigenvalue weighted by Crippen LogP contribution is -2.31. The maximum Gasteiger partial charge on any atom is 0.246 e. The monoisotopic (exact) mass is 309 g/mol. The molecule has 4 nitrogen and oxygen atoms in total. The fourth-order valence-corrected chi connectivity index (χ4v) is 2.87. The molecule has 1 aromatic carbocycles. The molecule has 0 bridgehead atoms. The zero-order chi connectivity index (χ0) is 14.7. The average Bonchev–Trinajstić information content (AvgIpc) is 3.02. The predicted octanol–water partition coefficient (Wildman–Crippen LogP) is 2.51. The minimum absolute atomic E-state index is 0.0468. The minimum atomic E-state index is -0.0468. The Kier molecular flexibility index (Phi) is 4.78. The maximum atomic E-state index is 11.8. The summed E-state index contributed by atoms with van der Waals surface area (Å²) in [5.41, 5.74) is 1.23. The molecule has 1 aliphatic heterocycles. The van der Waals surface area contributed by atoms with E-state index in [0.717, 1.165) is 30.9 Å². The van der Waals surface area contributed by atoms with Crippen LogP contribution in [0.1, 0.15) is 30.7 Å². The summed E-state index contributed by atoms with van der Waals surface area (Å²) in [6, 6.07) is 8.04. The highest BCUT2D eigenvalue weighted by Crippen LogP contribution is 2.40. The Labute approximate surface area is 129 Å². The van der Waals surface area contributed by atoms with E-state index < -0.39 is 0 Å². The van der Waals surface area contributed by atoms with Gasteiger partial charge in [0.2, 0.25) is 5.91 Å². The molecule has 1 saturated heterocycles. The van der Waals surface area contributed by atoms with Crippen LogP contribution >= 0.6 is 11.6 Å². The van der Waals surface area contributed by atoms with Gasteiger partial charge in [0.15, 0.2) is 0 Å². The van der Waals surface area contributed by atoms with Crippen molar-refractivity contribution in [1.82, 2.24) is 5.32 Å². The van der Waals surface area contributed by atoms with E-state index in [1.165, 1.54) is 5.56 Å². The van der Waals surface area contributed by atoms with Crippen LogP contribution in [0.3, 0.4) is 0 Å². The van der Waals surface area contributed by atoms with Crippen molar-refractivity contribution in [2.45, 2.75) is 37.3 Å². The highest BCUT2D eigenvalue weighted by molar-refractivity contribution is 6.30. The number of benzene rings is 1. The van der Waals surface area contributed by atoms with Crippen molar-refractivity contribution in [3.05, 3.63) is 34.9 Å². The van der Waals surface area contributed by atoms with Gasteiger partial charge >= 0.3 is 0 Å². The topological polar surface area (TPSA) is 47.6 Å². The second-order valence-electron chi connectivity index (χ2n) is 5.72. The number of carbonyl (C=O) groups excluding carboxylic acids is 1. The second-order valence-corrected chi connectivity index (χ2v) is 6.15. The van der Waals surface area contributed by atoms with Crippen LogP contribution in [-0.4, -0.2) is 37.9 Å². The fourth-order valence-electron chi connectivity index (χ4n) is 2.74. The second kappa shape index (κ2) is 6.77. The highest BCUT2D eigenvalue weighted by atomic mass is 35.5. The van der Waals surface area contributed by atoms with E-state index in [4.69, 9.17) is 21.1 Å². The van der Waals surface area contributed by atoms with Gasteiger partial charge in [-0.05, 0) is 37.0 Å². The van der Waals surface area contributed by atoms with Crippen molar-refractivity contribution < 1.29 is 14.3 Å². The molecule has 0 aromatic heterocycles. The van der Waals surface area contributed by atoms with Crippen molar-refractivity contribution in [2.24, 2.45) is 0 Å². The van der Waals surface area contributed by atoms with Crippen molar-refractivity contribution in [1.29, 1.82) is 0 Å². The number of amides is 1. The van der Waals surface area contributed by atoms with Crippen LogP contribution in [0.25, 0.3) is 0 Å². The molecule has 0 spiro atoms. The first-order chi connectivity index (χ1) is 10.2. The van der Waals surface area contributed by atoms with Crippen LogP contribution in [0.2, 0.25) is 5.02 Å². The Bertz CT molecular complexity index is 485. The quantitative estimate of drug-likeness (QED) is 0.878. The summed E-state index contributed by atoms with van der Waals surface area (Å²) >= 11 is 5.87. The van der Waals surface area contributed by atoms with E-state index in [-0.39, 0.29) is 24.7 Å². The number of halogens is 1. The Morgan fingerprint density at radius 3 is 2.90 bits per heavy atom. The van der Waals surface area contributed by atoms with Gasteiger partial charge in [0.1, 0.15) is 6.61 Å². The molecule has 3 rings (SSSR count). The minimum Gasteiger partial charge on any atom is -0.376 e. The largest absolute Gasteiger partial charge is 0.376 e. The zero-order valence-corrected chi connectivity index (χ0v) is 12.6. The van der Waals surface area contributed by atoms with Crippen molar-refractivity contribution in [2.75, 3.05) is 19.8 Å². The van der Waals surface area contributed by atoms with E-state index in [1.54, 1.807) is 0 Å². The van der Waals surface area contributed by atoms with Crippen LogP contribution in [0.5, 0.6) is 0 Å². The Balaban J connectivity index is 1.35. The van der Waals surface area contributed by atoms with E-state index in [0.29, 0.717) is 12.5 Å². The molecular formula is C16H20ClNO3. The van der Waals surface area contributed by atoms with Gasteiger partial charge in [0.05, 0.1) is 12.7 Å². The summed E-state index contributed by atoms with van der Waals surface area (Å²) in [5.74, 6) is 0.360. The lowest BCUT2D eigenvalue weighted by Gasteiger charge is -2.10. The summed E-state index contributed by atoms with van der Waals surface area (Å²) in [5, 5.41) is 3.74. The van der Waals surface area contributed by atoms with Gasteiger partial charge in [-0.25, -0.2) is 0 Å². The van der Waals surface area contributed by atoms with Gasteiger partial charge in [-0.3, -0.25) is 4.79 Å². The Morgan fingerprint density at radius 1 is 1.38 bits per heavy atom. The molecule has 5 heteroatoms. The van der Waals surface area contributed by atoms with Gasteiger partial charge in [0.25, 0.3) is 0 Å². The molecule has 1 saturated carbocycles. The van der Waals surface area contributed by atoms with E-state index >= 15 is 0 Å². The van der Waals surface area contributed by atoms with Gasteiger partial charge in [-0.1, -0.05) is 23.7 Å². The molecule has 1 heterocycles. The number of carbonyl (C=O) groups is 1. The molecular weight excluding hydrogens is 290 g/mol. The molecule has 2 fully saturated rings. The van der Waals surface area contributed by atoms with Gasteiger partial charge in [-0.2, -0.15) is 0 Å². The van der Waals surface area contributed by atoms with Crippen LogP contribution in [0, 0.1) is 0 Å². The zero-order valence-electron chi connectivity index (χ0n) is 11.9. The highest BCUT2D eigenvalue weighted by Gasteiger charge is 2.39. The van der Waals surface area contributed by atoms with Gasteiger partial charge in [-0.15, -0.1) is 0 Å². The standard InChI is InChI=1S/C16H20ClNO3/c17-12-5-3-11(4-6-12)14-8-15(14)18-16(19)10-20-9-13-2-1-7-21-13/h3-6,13-15H,1-2,7-10H2,(H,18,19)/t13-,14+,15+/m0/s1. The van der Waals surface area contributed by atoms with Crippen LogP contribution < -0.4 is 5.32 Å². The number of hydrogen-bond donors (Lipinski definition) is 1. The summed E-state index contributed by atoms with van der Waals surface area (Å²) in [6.07, 6.45) is 3.27. The first kappa shape index (κ1) is 14.8. The van der Waals surface area contributed by atoms with Gasteiger partial charge < -0.3 is 14.8 Å². The fraction of sp³-hybridized carbons (Fsp3) is 0.562. The molecule has 1 amide bonds. The lowest BCUT2D eigenvalue weighted by atomic mass is 10.1. The van der Waals surface area contributed by atoms with E-state index in [2.05, 4.69) is 5.32 Å². The summed E-state index contributed by atoms with van der Waals surface area (Å²) < 4.78 is 10.9. The molecule has 21 heavy (non-hydrogen) atoms. The average molecular weight is 310 g/mol. The lowest BCUT2D eigenvalue weighted by molar-refractivity contribution is -0.127. The number of nitrogens with one attached hydrogen (secondary N) is 1. The summed E-state index contributed by atoms with van der Waals surface area (Å²) in [4.78, 5) is 11.8. The van der Waals surface area contributed by atoms with Crippen LogP contribution in [-0.2, 0) is 14.3 Å². The molecule has 2 aliphatic rings. The van der Waals surface area contributed by atoms with Crippen molar-refractivity contribution in [3.8, 4) is 0 Å². The first-order valence-corrected chi connectivity index (χ1v) is 7.84. The number of rotatable bonds is 6. The molecule has 0 radical (unpaired) electrons. The summed E-state index contributed by atoms with van der Waals surface area (Å²) in [7, 11) is 0. The van der Waals surface area contributed by atoms with Crippen molar-refractivity contribution >= 4 is 17.5 Å². The Hall–Kier alpha value is -1.10. The number of hydrogen-bond acceptors (Lipinski definition) is 3. The van der Waals surface area contributed by atoms with Gasteiger partial charge in [0, 0.05) is 23.6 Å². The third-order valence-electron chi connectivity index (χ3n) is 4.00. The number of ether oxygens (including phenoxy) is 2. The van der Waals surface area contributed by atoms with Crippen LogP contribution in [0.4, 0.5) is 0 Å². The molecule has 1 N–H and O–H groups in total. The molecule has 3 atom stereocenters. The summed E-state index contributed by atoms with van der Waals surface area (Å²) in [6.45, 7) is 1.44. The van der Waals surface area contributed by atoms with Crippen molar-refractivity contribution in [3.63, 3.8) is 0 Å². The predicted molar refractivity (Wildman–Crippen MR) is 80.5 cm³/mol. The Morgan fingerprint density at radius 2 is 2.19 bits per heavy atom. The first-order valence-electron chi connectivity index (χ1n) is 7.46. The third kappa shape index (κ3) is 4.19.